The van der Waals surface area contributed by atoms with Gasteiger partial charge in [-0.1, -0.05) is 13.8 Å². The molecule has 1 aromatic heterocycles. The van der Waals surface area contributed by atoms with Crippen molar-refractivity contribution in [1.82, 2.24) is 5.32 Å². The molecule has 0 bridgehead atoms. The Hall–Kier alpha value is -0.380. The van der Waals surface area contributed by atoms with Crippen molar-refractivity contribution in [3.05, 3.63) is 21.9 Å². The third-order valence-electron chi connectivity index (χ3n) is 2.36. The maximum Gasteiger partial charge on any atom is 0.0478 e. The maximum absolute atomic E-state index is 5.42. The quantitative estimate of drug-likeness (QED) is 0.670. The summed E-state index contributed by atoms with van der Waals surface area (Å²) in [4.78, 5) is 2.91. The van der Waals surface area contributed by atoms with Crippen LogP contribution in [0.25, 0.3) is 0 Å². The Morgan fingerprint density at radius 2 is 2.00 bits per heavy atom. The van der Waals surface area contributed by atoms with Gasteiger partial charge >= 0.3 is 0 Å². The van der Waals surface area contributed by atoms with Gasteiger partial charge in [0.2, 0.25) is 0 Å². The van der Waals surface area contributed by atoms with Crippen LogP contribution in [-0.2, 0) is 17.7 Å². The molecule has 0 aromatic carbocycles. The Labute approximate surface area is 103 Å². The summed E-state index contributed by atoms with van der Waals surface area (Å²) in [6.07, 6.45) is 3.37. The zero-order chi connectivity index (χ0) is 11.6. The average Bonchev–Trinajstić information content (AvgIpc) is 2.76. The summed E-state index contributed by atoms with van der Waals surface area (Å²) in [5.74, 6) is 0. The van der Waals surface area contributed by atoms with E-state index in [0.29, 0.717) is 0 Å². The summed E-state index contributed by atoms with van der Waals surface area (Å²) in [5.41, 5.74) is 0. The van der Waals surface area contributed by atoms with E-state index in [1.165, 1.54) is 9.75 Å². The van der Waals surface area contributed by atoms with Crippen molar-refractivity contribution in [2.24, 2.45) is 0 Å². The molecule has 1 N–H and O–H groups in total. The highest BCUT2D eigenvalue weighted by Gasteiger charge is 1.97. The molecule has 0 aliphatic heterocycles. The molecule has 0 fully saturated rings. The number of thiophene rings is 1. The van der Waals surface area contributed by atoms with Gasteiger partial charge in [-0.05, 0) is 37.9 Å². The highest BCUT2D eigenvalue weighted by atomic mass is 32.1. The molecule has 2 nitrogen and oxygen atoms in total. The largest absolute Gasteiger partial charge is 0.381 e. The number of ether oxygens (including phenoxy) is 1. The molecule has 3 heteroatoms. The predicted octanol–water partition coefficient (Wildman–Crippen LogP) is 3.22. The zero-order valence-electron chi connectivity index (χ0n) is 10.4. The summed E-state index contributed by atoms with van der Waals surface area (Å²) >= 11 is 1.91. The first-order valence-electron chi connectivity index (χ1n) is 6.22. The third kappa shape index (κ3) is 5.64. The van der Waals surface area contributed by atoms with Crippen LogP contribution in [0.5, 0.6) is 0 Å². The Morgan fingerprint density at radius 3 is 2.69 bits per heavy atom. The molecule has 0 atom stereocenters. The van der Waals surface area contributed by atoms with E-state index < -0.39 is 0 Å². The second kappa shape index (κ2) is 8.74. The fourth-order valence-corrected chi connectivity index (χ4v) is 2.39. The molecule has 0 aliphatic rings. The molecule has 1 aromatic rings. The molecule has 0 saturated heterocycles. The molecule has 0 unspecified atom stereocenters. The summed E-state index contributed by atoms with van der Waals surface area (Å²) in [6.45, 7) is 8.16. The summed E-state index contributed by atoms with van der Waals surface area (Å²) in [7, 11) is 0. The van der Waals surface area contributed by atoms with Gasteiger partial charge in [0, 0.05) is 29.5 Å². The van der Waals surface area contributed by atoms with Crippen LogP contribution in [0.4, 0.5) is 0 Å². The van der Waals surface area contributed by atoms with Crippen LogP contribution in [0.15, 0.2) is 12.1 Å². The number of rotatable bonds is 9. The summed E-state index contributed by atoms with van der Waals surface area (Å²) < 4.78 is 5.42. The first kappa shape index (κ1) is 13.7. The van der Waals surface area contributed by atoms with Crippen LogP contribution < -0.4 is 5.32 Å². The molecule has 0 spiro atoms. The van der Waals surface area contributed by atoms with Crippen molar-refractivity contribution in [1.29, 1.82) is 0 Å². The van der Waals surface area contributed by atoms with Gasteiger partial charge in [-0.3, -0.25) is 0 Å². The van der Waals surface area contributed by atoms with E-state index in [1.807, 2.05) is 11.3 Å². The lowest BCUT2D eigenvalue weighted by molar-refractivity contribution is 0.132. The van der Waals surface area contributed by atoms with Gasteiger partial charge in [-0.15, -0.1) is 11.3 Å². The van der Waals surface area contributed by atoms with Crippen molar-refractivity contribution in [3.8, 4) is 0 Å². The molecule has 0 radical (unpaired) electrons. The van der Waals surface area contributed by atoms with E-state index >= 15 is 0 Å². The Balaban J connectivity index is 1.98. The number of hydrogen-bond donors (Lipinski definition) is 1. The molecule has 92 valence electrons. The normalized spacial score (nSPS) is 10.9. The molecule has 0 saturated carbocycles. The van der Waals surface area contributed by atoms with Gasteiger partial charge in [0.05, 0.1) is 0 Å². The molecule has 0 aliphatic carbocycles. The first-order valence-corrected chi connectivity index (χ1v) is 7.04. The standard InChI is InChI=1S/C13H23NOS/c1-3-9-15-10-5-8-14-11-13-7-6-12(4-2)16-13/h6-7,14H,3-5,8-11H2,1-2H3. The van der Waals surface area contributed by atoms with Crippen LogP contribution in [0.3, 0.4) is 0 Å². The van der Waals surface area contributed by atoms with Crippen LogP contribution in [-0.4, -0.2) is 19.8 Å². The molecular formula is C13H23NOS. The Bertz CT molecular complexity index is 273. The summed E-state index contributed by atoms with van der Waals surface area (Å²) in [6, 6.07) is 4.45. The molecule has 1 heterocycles. The minimum Gasteiger partial charge on any atom is -0.381 e. The maximum atomic E-state index is 5.42. The van der Waals surface area contributed by atoms with Gasteiger partial charge in [-0.25, -0.2) is 0 Å². The molecular weight excluding hydrogens is 218 g/mol. The second-order valence-electron chi connectivity index (χ2n) is 3.86. The minimum absolute atomic E-state index is 0.880. The fourth-order valence-electron chi connectivity index (χ4n) is 1.46. The van der Waals surface area contributed by atoms with Crippen molar-refractivity contribution < 1.29 is 4.74 Å². The number of nitrogens with one attached hydrogen (secondary N) is 1. The van der Waals surface area contributed by atoms with Gasteiger partial charge in [0.1, 0.15) is 0 Å². The SMILES string of the molecule is CCCOCCCNCc1ccc(CC)s1. The van der Waals surface area contributed by atoms with E-state index in [1.54, 1.807) is 0 Å². The van der Waals surface area contributed by atoms with E-state index in [0.717, 1.165) is 45.6 Å². The average molecular weight is 241 g/mol. The smallest absolute Gasteiger partial charge is 0.0478 e. The first-order chi connectivity index (χ1) is 7.86. The highest BCUT2D eigenvalue weighted by molar-refractivity contribution is 7.11. The summed E-state index contributed by atoms with van der Waals surface area (Å²) in [5, 5.41) is 3.45. The second-order valence-corrected chi connectivity index (χ2v) is 5.12. The van der Waals surface area contributed by atoms with Gasteiger partial charge in [0.15, 0.2) is 0 Å². The number of aryl methyl sites for hydroxylation is 1. The van der Waals surface area contributed by atoms with E-state index in [9.17, 15) is 0 Å². The van der Waals surface area contributed by atoms with E-state index in [4.69, 9.17) is 4.74 Å². The van der Waals surface area contributed by atoms with Crippen molar-refractivity contribution in [2.45, 2.75) is 39.7 Å². The van der Waals surface area contributed by atoms with Gasteiger partial charge in [0.25, 0.3) is 0 Å². The fraction of sp³-hybridized carbons (Fsp3) is 0.692. The van der Waals surface area contributed by atoms with Crippen molar-refractivity contribution >= 4 is 11.3 Å². The highest BCUT2D eigenvalue weighted by Crippen LogP contribution is 2.16. The third-order valence-corrected chi connectivity index (χ3v) is 3.59. The monoisotopic (exact) mass is 241 g/mol. The topological polar surface area (TPSA) is 21.3 Å². The lowest BCUT2D eigenvalue weighted by Crippen LogP contribution is -2.15. The minimum atomic E-state index is 0.880. The Morgan fingerprint density at radius 1 is 1.19 bits per heavy atom. The van der Waals surface area contributed by atoms with Gasteiger partial charge < -0.3 is 10.1 Å². The van der Waals surface area contributed by atoms with Crippen LogP contribution >= 0.6 is 11.3 Å². The predicted molar refractivity (Wildman–Crippen MR) is 71.1 cm³/mol. The molecule has 0 amide bonds. The van der Waals surface area contributed by atoms with Crippen LogP contribution in [0.1, 0.15) is 36.4 Å². The Kier molecular flexibility index (Phi) is 7.47. The van der Waals surface area contributed by atoms with Crippen molar-refractivity contribution in [2.75, 3.05) is 19.8 Å². The number of hydrogen-bond acceptors (Lipinski definition) is 3. The van der Waals surface area contributed by atoms with E-state index in [-0.39, 0.29) is 0 Å². The lowest BCUT2D eigenvalue weighted by atomic mass is 10.3. The van der Waals surface area contributed by atoms with Crippen LogP contribution in [0.2, 0.25) is 0 Å². The zero-order valence-corrected chi connectivity index (χ0v) is 11.2. The van der Waals surface area contributed by atoms with E-state index in [2.05, 4.69) is 31.3 Å². The molecule has 1 rings (SSSR count). The lowest BCUT2D eigenvalue weighted by Gasteiger charge is -2.03. The van der Waals surface area contributed by atoms with Crippen LogP contribution in [0, 0.1) is 0 Å². The van der Waals surface area contributed by atoms with Crippen molar-refractivity contribution in [3.63, 3.8) is 0 Å². The van der Waals surface area contributed by atoms with Gasteiger partial charge in [-0.2, -0.15) is 0 Å². The molecule has 16 heavy (non-hydrogen) atoms.